The quantitative estimate of drug-likeness (QED) is 0.706. The van der Waals surface area contributed by atoms with E-state index in [1.165, 1.54) is 35.2 Å². The van der Waals surface area contributed by atoms with Crippen LogP contribution in [0, 0.1) is 22.6 Å². The van der Waals surface area contributed by atoms with E-state index in [4.69, 9.17) is 5.26 Å². The van der Waals surface area contributed by atoms with Gasteiger partial charge in [0.1, 0.15) is 17.1 Å². The third-order valence-electron chi connectivity index (χ3n) is 5.62. The molecule has 4 rings (SSSR count). The number of carbonyl (C=O) groups is 1. The second-order valence-electron chi connectivity index (χ2n) is 9.11. The van der Waals surface area contributed by atoms with Crippen molar-refractivity contribution in [2.75, 3.05) is 5.32 Å². The van der Waals surface area contributed by atoms with Gasteiger partial charge in [-0.1, -0.05) is 32.9 Å². The number of nitrogens with one attached hydrogen (secondary N) is 1. The monoisotopic (exact) mass is 467 g/mol. The Morgan fingerprint density at radius 2 is 1.85 bits per heavy atom. The van der Waals surface area contributed by atoms with Gasteiger partial charge < -0.3 is 15.3 Å². The number of aliphatic hydroxyl groups is 1. The summed E-state index contributed by atoms with van der Waals surface area (Å²) in [7, 11) is -3.98. The lowest BCUT2D eigenvalue weighted by Crippen LogP contribution is -2.43. The zero-order valence-electron chi connectivity index (χ0n) is 18.3. The molecule has 7 nitrogen and oxygen atoms in total. The number of carbonyl (C=O) groups excluding carboxylic acids is 1. The number of rotatable bonds is 3. The molecule has 0 radical (unpaired) electrons. The Morgan fingerprint density at radius 1 is 1.18 bits per heavy atom. The molecule has 0 unspecified atom stereocenters. The first-order chi connectivity index (χ1) is 15.4. The highest BCUT2D eigenvalue weighted by Gasteiger charge is 2.47. The average Bonchev–Trinajstić information content (AvgIpc) is 2.98. The maximum Gasteiger partial charge on any atom is 0.260 e. The van der Waals surface area contributed by atoms with Crippen LogP contribution in [0.25, 0.3) is 0 Å². The molecule has 0 aliphatic carbocycles. The van der Waals surface area contributed by atoms with Gasteiger partial charge in [-0.25, -0.2) is 12.8 Å². The zero-order chi connectivity index (χ0) is 24.1. The predicted molar refractivity (Wildman–Crippen MR) is 120 cm³/mol. The average molecular weight is 468 g/mol. The van der Waals surface area contributed by atoms with E-state index in [0.29, 0.717) is 5.56 Å². The van der Waals surface area contributed by atoms with Crippen LogP contribution in [0.2, 0.25) is 0 Å². The number of aliphatic hydroxyl groups excluding tert-OH is 1. The summed E-state index contributed by atoms with van der Waals surface area (Å²) in [6, 6.07) is 11.1. The van der Waals surface area contributed by atoms with E-state index in [1.807, 2.05) is 26.8 Å². The van der Waals surface area contributed by atoms with Crippen LogP contribution in [0.1, 0.15) is 31.9 Å². The number of amides is 1. The highest BCUT2D eigenvalue weighted by molar-refractivity contribution is 7.94. The minimum absolute atomic E-state index is 0.0365. The fourth-order valence-electron chi connectivity index (χ4n) is 4.18. The van der Waals surface area contributed by atoms with Crippen molar-refractivity contribution >= 4 is 21.4 Å². The van der Waals surface area contributed by atoms with Crippen LogP contribution in [0.15, 0.2) is 69.8 Å². The summed E-state index contributed by atoms with van der Waals surface area (Å²) in [4.78, 5) is 14.9. The van der Waals surface area contributed by atoms with Gasteiger partial charge in [0.15, 0.2) is 0 Å². The first-order valence-electron chi connectivity index (χ1n) is 10.2. The number of hydrogen-bond acceptors (Lipinski definition) is 6. The standard InChI is InChI=1S/C24H22FN3O4S/c1-24(2,3)22-21(29)20(23(30)28(22)12-14-4-7-16(25)8-5-14)18-13-33(31,32)19-10-15(11-26)6-9-17(19)27-18/h4-10,13,22,27,29H,12H2,1-3H3/t22-/m1/s1. The van der Waals surface area contributed by atoms with Crippen LogP contribution in [-0.2, 0) is 21.2 Å². The highest BCUT2D eigenvalue weighted by Crippen LogP contribution is 2.42. The number of halogens is 1. The van der Waals surface area contributed by atoms with E-state index in [2.05, 4.69) is 5.32 Å². The predicted octanol–water partition coefficient (Wildman–Crippen LogP) is 4.01. The van der Waals surface area contributed by atoms with Crippen molar-refractivity contribution in [2.24, 2.45) is 5.41 Å². The topological polar surface area (TPSA) is 110 Å². The van der Waals surface area contributed by atoms with Crippen molar-refractivity contribution in [2.45, 2.75) is 38.3 Å². The highest BCUT2D eigenvalue weighted by atomic mass is 32.2. The summed E-state index contributed by atoms with van der Waals surface area (Å²) in [5, 5.41) is 24.1. The zero-order valence-corrected chi connectivity index (χ0v) is 19.1. The van der Waals surface area contributed by atoms with E-state index in [1.54, 1.807) is 12.1 Å². The Morgan fingerprint density at radius 3 is 2.45 bits per heavy atom. The summed E-state index contributed by atoms with van der Waals surface area (Å²) in [5.41, 5.74) is 0.328. The summed E-state index contributed by atoms with van der Waals surface area (Å²) >= 11 is 0. The molecule has 0 bridgehead atoms. The number of nitrogens with zero attached hydrogens (tertiary/aromatic N) is 2. The second-order valence-corrected chi connectivity index (χ2v) is 10.9. The third kappa shape index (κ3) is 3.98. The lowest BCUT2D eigenvalue weighted by Gasteiger charge is -2.35. The molecule has 33 heavy (non-hydrogen) atoms. The molecule has 0 fully saturated rings. The minimum atomic E-state index is -3.98. The lowest BCUT2D eigenvalue weighted by molar-refractivity contribution is -0.129. The normalized spacial score (nSPS) is 19.6. The Kier molecular flexibility index (Phi) is 5.29. The van der Waals surface area contributed by atoms with Gasteiger partial charge in [0.25, 0.3) is 5.91 Å². The van der Waals surface area contributed by atoms with Crippen LogP contribution < -0.4 is 5.32 Å². The SMILES string of the molecule is CC(C)(C)[C@H]1C(O)=C(C2=CS(=O)(=O)c3cc(C#N)ccc3N2)C(=O)N1Cc1ccc(F)cc1. The van der Waals surface area contributed by atoms with Crippen LogP contribution in [-0.4, -0.2) is 30.4 Å². The Hall–Kier alpha value is -3.64. The lowest BCUT2D eigenvalue weighted by atomic mass is 9.85. The van der Waals surface area contributed by atoms with Crippen molar-refractivity contribution in [1.82, 2.24) is 4.90 Å². The van der Waals surface area contributed by atoms with Gasteiger partial charge in [-0.05, 0) is 41.3 Å². The van der Waals surface area contributed by atoms with Crippen molar-refractivity contribution in [3.05, 3.63) is 81.8 Å². The molecule has 170 valence electrons. The smallest absolute Gasteiger partial charge is 0.260 e. The summed E-state index contributed by atoms with van der Waals surface area (Å²) in [6.07, 6.45) is 0. The number of sulfone groups is 1. The van der Waals surface area contributed by atoms with Crippen LogP contribution in [0.4, 0.5) is 10.1 Å². The fraction of sp³-hybridized carbons (Fsp3) is 0.250. The van der Waals surface area contributed by atoms with Gasteiger partial charge in [-0.15, -0.1) is 0 Å². The van der Waals surface area contributed by atoms with Crippen molar-refractivity contribution < 1.29 is 22.7 Å². The first kappa shape index (κ1) is 22.6. The molecular formula is C24H22FN3O4S. The molecule has 0 aromatic heterocycles. The number of anilines is 1. The van der Waals surface area contributed by atoms with Crippen LogP contribution in [0.3, 0.4) is 0 Å². The maximum absolute atomic E-state index is 13.5. The van der Waals surface area contributed by atoms with Gasteiger partial charge in [0.05, 0.1) is 39.4 Å². The third-order valence-corrected chi connectivity index (χ3v) is 7.11. The number of hydrogen-bond donors (Lipinski definition) is 2. The van der Waals surface area contributed by atoms with Crippen LogP contribution >= 0.6 is 0 Å². The molecule has 2 N–H and O–H groups in total. The van der Waals surface area contributed by atoms with Gasteiger partial charge in [0, 0.05) is 6.54 Å². The molecule has 0 saturated carbocycles. The van der Waals surface area contributed by atoms with Crippen molar-refractivity contribution in [3.8, 4) is 6.07 Å². The molecule has 2 aromatic carbocycles. The molecule has 1 amide bonds. The Balaban J connectivity index is 1.78. The van der Waals surface area contributed by atoms with E-state index in [9.17, 15) is 22.7 Å². The van der Waals surface area contributed by atoms with Crippen LogP contribution in [0.5, 0.6) is 0 Å². The Labute approximate surface area is 191 Å². The molecule has 0 saturated heterocycles. The van der Waals surface area contributed by atoms with E-state index in [0.717, 1.165) is 5.41 Å². The second kappa shape index (κ2) is 7.74. The maximum atomic E-state index is 13.5. The molecule has 0 spiro atoms. The summed E-state index contributed by atoms with van der Waals surface area (Å²) < 4.78 is 39.2. The minimum Gasteiger partial charge on any atom is -0.509 e. The molecule has 2 aliphatic heterocycles. The number of benzene rings is 2. The van der Waals surface area contributed by atoms with Gasteiger partial charge in [0.2, 0.25) is 9.84 Å². The van der Waals surface area contributed by atoms with Gasteiger partial charge >= 0.3 is 0 Å². The molecule has 2 aliphatic rings. The molecular weight excluding hydrogens is 445 g/mol. The number of fused-ring (bicyclic) bond motifs is 1. The molecule has 2 aromatic rings. The Bertz CT molecular complexity index is 1360. The fourth-order valence-corrected chi connectivity index (χ4v) is 5.51. The van der Waals surface area contributed by atoms with Gasteiger partial charge in [-0.3, -0.25) is 4.79 Å². The number of nitriles is 1. The van der Waals surface area contributed by atoms with E-state index >= 15 is 0 Å². The van der Waals surface area contributed by atoms with E-state index in [-0.39, 0.29) is 39.7 Å². The summed E-state index contributed by atoms with van der Waals surface area (Å²) in [5.74, 6) is -1.18. The first-order valence-corrected chi connectivity index (χ1v) is 11.7. The molecule has 2 heterocycles. The molecule has 1 atom stereocenters. The van der Waals surface area contributed by atoms with Gasteiger partial charge in [-0.2, -0.15) is 5.26 Å². The summed E-state index contributed by atoms with van der Waals surface area (Å²) in [6.45, 7) is 5.69. The van der Waals surface area contributed by atoms with E-state index < -0.39 is 33.0 Å². The van der Waals surface area contributed by atoms with Crippen molar-refractivity contribution in [3.63, 3.8) is 0 Å². The van der Waals surface area contributed by atoms with Crippen molar-refractivity contribution in [1.29, 1.82) is 5.26 Å². The largest absolute Gasteiger partial charge is 0.509 e. The molecule has 9 heteroatoms.